The summed E-state index contributed by atoms with van der Waals surface area (Å²) in [5.74, 6) is 0.644. The van der Waals surface area contributed by atoms with Crippen LogP contribution in [0, 0.1) is 0 Å². The third-order valence-electron chi connectivity index (χ3n) is 4.33. The van der Waals surface area contributed by atoms with Crippen LogP contribution in [0.4, 0.5) is 15.4 Å². The quantitative estimate of drug-likeness (QED) is 0.755. The first-order valence-corrected chi connectivity index (χ1v) is 9.08. The van der Waals surface area contributed by atoms with Gasteiger partial charge in [-0.25, -0.2) is 14.3 Å². The van der Waals surface area contributed by atoms with Gasteiger partial charge in [-0.05, 0) is 26.3 Å². The van der Waals surface area contributed by atoms with E-state index in [1.54, 1.807) is 11.1 Å². The van der Waals surface area contributed by atoms with Gasteiger partial charge >= 0.3 is 12.1 Å². The molecule has 8 heteroatoms. The first-order valence-electron chi connectivity index (χ1n) is 9.08. The van der Waals surface area contributed by atoms with Gasteiger partial charge in [0.25, 0.3) is 0 Å². The van der Waals surface area contributed by atoms with E-state index < -0.39 is 0 Å². The van der Waals surface area contributed by atoms with Crippen LogP contribution in [0.25, 0.3) is 11.1 Å². The van der Waals surface area contributed by atoms with Crippen LogP contribution in [0.2, 0.25) is 0 Å². The largest absolute Gasteiger partial charge is 0.336 e. The fourth-order valence-corrected chi connectivity index (χ4v) is 2.99. The zero-order chi connectivity index (χ0) is 19.4. The number of amides is 4. The van der Waals surface area contributed by atoms with E-state index in [0.29, 0.717) is 32.0 Å². The molecule has 0 unspecified atom stereocenters. The molecule has 144 valence electrons. The van der Waals surface area contributed by atoms with Crippen molar-refractivity contribution in [3.05, 3.63) is 36.5 Å². The lowest BCUT2D eigenvalue weighted by Gasteiger charge is -2.23. The molecule has 1 fully saturated rings. The monoisotopic (exact) mass is 370 g/mol. The first-order chi connectivity index (χ1) is 12.9. The Morgan fingerprint density at radius 2 is 2.00 bits per heavy atom. The molecule has 27 heavy (non-hydrogen) atoms. The Morgan fingerprint density at radius 3 is 2.63 bits per heavy atom. The summed E-state index contributed by atoms with van der Waals surface area (Å²) in [5, 5.41) is 13.0. The van der Waals surface area contributed by atoms with E-state index in [-0.39, 0.29) is 17.6 Å². The molecule has 1 aromatic carbocycles. The maximum atomic E-state index is 12.4. The van der Waals surface area contributed by atoms with Gasteiger partial charge in [-0.1, -0.05) is 30.3 Å². The summed E-state index contributed by atoms with van der Waals surface area (Å²) in [5.41, 5.74) is 1.56. The van der Waals surface area contributed by atoms with Crippen LogP contribution in [0.3, 0.4) is 0 Å². The van der Waals surface area contributed by atoms with Gasteiger partial charge in [0.1, 0.15) is 5.82 Å². The Labute approximate surface area is 158 Å². The van der Waals surface area contributed by atoms with Crippen LogP contribution in [-0.2, 0) is 5.54 Å². The van der Waals surface area contributed by atoms with E-state index in [1.165, 1.54) is 0 Å². The van der Waals surface area contributed by atoms with E-state index in [1.807, 2.05) is 55.8 Å². The molecular formula is C19H26N6O2. The third-order valence-corrected chi connectivity index (χ3v) is 4.33. The normalized spacial score (nSPS) is 14.2. The summed E-state index contributed by atoms with van der Waals surface area (Å²) in [4.78, 5) is 25.7. The highest BCUT2D eigenvalue weighted by atomic mass is 16.2. The van der Waals surface area contributed by atoms with Crippen LogP contribution in [0.15, 0.2) is 36.5 Å². The van der Waals surface area contributed by atoms with Crippen molar-refractivity contribution < 1.29 is 9.59 Å². The number of hydrogen-bond donors (Lipinski definition) is 3. The predicted molar refractivity (Wildman–Crippen MR) is 105 cm³/mol. The Bertz CT molecular complexity index is 809. The van der Waals surface area contributed by atoms with Crippen molar-refractivity contribution in [3.63, 3.8) is 0 Å². The number of urea groups is 2. The lowest BCUT2D eigenvalue weighted by atomic mass is 10.1. The SMILES string of the molecule is CC(C)(C)n1ncc(-c2ccccc2)c1NC(=O)NCCN1CCNC1=O. The van der Waals surface area contributed by atoms with Crippen LogP contribution in [0.5, 0.6) is 0 Å². The molecule has 1 aromatic heterocycles. The second kappa shape index (κ2) is 7.69. The molecule has 1 aliphatic heterocycles. The second-order valence-corrected chi connectivity index (χ2v) is 7.46. The lowest BCUT2D eigenvalue weighted by molar-refractivity contribution is 0.216. The van der Waals surface area contributed by atoms with Crippen LogP contribution in [-0.4, -0.2) is 52.9 Å². The van der Waals surface area contributed by atoms with E-state index in [9.17, 15) is 9.59 Å². The van der Waals surface area contributed by atoms with Crippen molar-refractivity contribution in [2.45, 2.75) is 26.3 Å². The molecule has 0 aliphatic carbocycles. The summed E-state index contributed by atoms with van der Waals surface area (Å²) in [6, 6.07) is 9.42. The summed E-state index contributed by atoms with van der Waals surface area (Å²) < 4.78 is 1.81. The Balaban J connectivity index is 1.71. The lowest BCUT2D eigenvalue weighted by Crippen LogP contribution is -2.39. The third kappa shape index (κ3) is 4.39. The van der Waals surface area contributed by atoms with Crippen LogP contribution >= 0.6 is 0 Å². The van der Waals surface area contributed by atoms with Gasteiger partial charge in [-0.2, -0.15) is 5.10 Å². The summed E-state index contributed by atoms with van der Waals surface area (Å²) >= 11 is 0. The average Bonchev–Trinajstić information content (AvgIpc) is 3.22. The van der Waals surface area contributed by atoms with Gasteiger partial charge in [0.05, 0.1) is 11.7 Å². The van der Waals surface area contributed by atoms with Crippen molar-refractivity contribution in [3.8, 4) is 11.1 Å². The number of nitrogens with zero attached hydrogens (tertiary/aromatic N) is 3. The number of aromatic nitrogens is 2. The van der Waals surface area contributed by atoms with Crippen LogP contribution < -0.4 is 16.0 Å². The zero-order valence-electron chi connectivity index (χ0n) is 16.0. The Morgan fingerprint density at radius 1 is 1.26 bits per heavy atom. The standard InChI is InChI=1S/C19H26N6O2/c1-19(2,3)25-16(15(13-22-25)14-7-5-4-6-8-14)23-17(26)20-9-11-24-12-10-21-18(24)27/h4-8,13H,9-12H2,1-3H3,(H,21,27)(H2,20,23,26). The number of benzene rings is 1. The predicted octanol–water partition coefficient (Wildman–Crippen LogP) is 2.45. The summed E-state index contributed by atoms with van der Waals surface area (Å²) in [6.07, 6.45) is 1.77. The molecule has 3 rings (SSSR count). The highest BCUT2D eigenvalue weighted by Crippen LogP contribution is 2.31. The zero-order valence-corrected chi connectivity index (χ0v) is 16.0. The molecule has 0 bridgehead atoms. The van der Waals surface area contributed by atoms with Gasteiger partial charge in [0.2, 0.25) is 0 Å². The molecule has 2 aromatic rings. The molecular weight excluding hydrogens is 344 g/mol. The Hall–Kier alpha value is -3.03. The van der Waals surface area contributed by atoms with E-state index >= 15 is 0 Å². The smallest absolute Gasteiger partial charge is 0.320 e. The minimum Gasteiger partial charge on any atom is -0.336 e. The van der Waals surface area contributed by atoms with Crippen molar-refractivity contribution in [2.24, 2.45) is 0 Å². The highest BCUT2D eigenvalue weighted by molar-refractivity contribution is 5.93. The van der Waals surface area contributed by atoms with E-state index in [2.05, 4.69) is 21.0 Å². The number of carbonyl (C=O) groups is 2. The van der Waals surface area contributed by atoms with Crippen molar-refractivity contribution in [2.75, 3.05) is 31.5 Å². The van der Waals surface area contributed by atoms with E-state index in [0.717, 1.165) is 11.1 Å². The summed E-state index contributed by atoms with van der Waals surface area (Å²) in [7, 11) is 0. The maximum Gasteiger partial charge on any atom is 0.320 e. The molecule has 0 radical (unpaired) electrons. The first kappa shape index (κ1) is 18.8. The number of rotatable bonds is 5. The van der Waals surface area contributed by atoms with Gasteiger partial charge < -0.3 is 15.5 Å². The van der Waals surface area contributed by atoms with Crippen molar-refractivity contribution in [1.82, 2.24) is 25.3 Å². The molecule has 8 nitrogen and oxygen atoms in total. The molecule has 1 aliphatic rings. The number of carbonyl (C=O) groups excluding carboxylic acids is 2. The van der Waals surface area contributed by atoms with Crippen molar-refractivity contribution in [1.29, 1.82) is 0 Å². The topological polar surface area (TPSA) is 91.3 Å². The fourth-order valence-electron chi connectivity index (χ4n) is 2.99. The van der Waals surface area contributed by atoms with Gasteiger partial charge in [-0.3, -0.25) is 5.32 Å². The second-order valence-electron chi connectivity index (χ2n) is 7.46. The number of nitrogens with one attached hydrogen (secondary N) is 3. The minimum atomic E-state index is -0.321. The minimum absolute atomic E-state index is 0.0885. The number of anilines is 1. The van der Waals surface area contributed by atoms with Gasteiger partial charge in [0, 0.05) is 31.7 Å². The van der Waals surface area contributed by atoms with E-state index in [4.69, 9.17) is 0 Å². The van der Waals surface area contributed by atoms with Gasteiger partial charge in [-0.15, -0.1) is 0 Å². The number of hydrogen-bond acceptors (Lipinski definition) is 3. The van der Waals surface area contributed by atoms with Gasteiger partial charge in [0.15, 0.2) is 0 Å². The molecule has 3 N–H and O–H groups in total. The molecule has 0 spiro atoms. The maximum absolute atomic E-state index is 12.4. The molecule has 2 heterocycles. The average molecular weight is 370 g/mol. The Kier molecular flexibility index (Phi) is 5.34. The molecule has 0 atom stereocenters. The fraction of sp³-hybridized carbons (Fsp3) is 0.421. The highest BCUT2D eigenvalue weighted by Gasteiger charge is 2.23. The molecule has 0 saturated carbocycles. The van der Waals surface area contributed by atoms with Crippen molar-refractivity contribution >= 4 is 17.9 Å². The molecule has 4 amide bonds. The van der Waals surface area contributed by atoms with Crippen LogP contribution in [0.1, 0.15) is 20.8 Å². The molecule has 1 saturated heterocycles. The summed E-state index contributed by atoms with van der Waals surface area (Å²) in [6.45, 7) is 8.26.